The fraction of sp³-hybridized carbons (Fsp3) is 0.900. The Morgan fingerprint density at radius 3 is 3.00 bits per heavy atom. The molecule has 4 heteroatoms. The normalized spacial score (nSPS) is 33.8. The van der Waals surface area contributed by atoms with Crippen LogP contribution in [0.1, 0.15) is 19.3 Å². The Kier molecular flexibility index (Phi) is 3.03. The van der Waals surface area contributed by atoms with Crippen LogP contribution in [-0.4, -0.2) is 48.2 Å². The van der Waals surface area contributed by atoms with E-state index in [1.807, 2.05) is 4.90 Å². The molecule has 2 fully saturated rings. The molecule has 0 radical (unpaired) electrons. The van der Waals surface area contributed by atoms with Gasteiger partial charge in [0.25, 0.3) is 0 Å². The quantitative estimate of drug-likeness (QED) is 0.633. The molecular formula is C10H18N2O2. The summed E-state index contributed by atoms with van der Waals surface area (Å²) in [5.74, 6) is 0.391. The molecule has 80 valence electrons. The molecule has 2 saturated heterocycles. The Morgan fingerprint density at radius 1 is 1.57 bits per heavy atom. The first-order valence-corrected chi connectivity index (χ1v) is 5.42. The largest absolute Gasteiger partial charge is 0.396 e. The molecular weight excluding hydrogens is 180 g/mol. The van der Waals surface area contributed by atoms with Crippen molar-refractivity contribution in [2.24, 2.45) is 5.92 Å². The Hall–Kier alpha value is -0.610. The highest BCUT2D eigenvalue weighted by Crippen LogP contribution is 2.22. The second-order valence-corrected chi connectivity index (χ2v) is 4.30. The number of carbonyl (C=O) groups excluding carboxylic acids is 1. The lowest BCUT2D eigenvalue weighted by molar-refractivity contribution is -0.130. The van der Waals surface area contributed by atoms with Crippen LogP contribution < -0.4 is 5.32 Å². The van der Waals surface area contributed by atoms with Gasteiger partial charge in [-0.1, -0.05) is 0 Å². The summed E-state index contributed by atoms with van der Waals surface area (Å²) in [6.07, 6.45) is 2.79. The molecule has 2 heterocycles. The SMILES string of the molecule is O=C1CC(CO)CN1[C@@H]1CCCNC1. The number of nitrogens with zero attached hydrogens (tertiary/aromatic N) is 1. The lowest BCUT2D eigenvalue weighted by Gasteiger charge is -2.31. The van der Waals surface area contributed by atoms with Crippen molar-refractivity contribution in [3.05, 3.63) is 0 Å². The monoisotopic (exact) mass is 198 g/mol. The van der Waals surface area contributed by atoms with E-state index in [1.54, 1.807) is 0 Å². The molecule has 4 nitrogen and oxygen atoms in total. The standard InChI is InChI=1S/C10H18N2O2/c13-7-8-4-10(14)12(6-8)9-2-1-3-11-5-9/h8-9,11,13H,1-7H2/t8?,9-/m1/s1. The molecule has 2 aliphatic heterocycles. The van der Waals surface area contributed by atoms with Gasteiger partial charge >= 0.3 is 0 Å². The third kappa shape index (κ3) is 1.91. The molecule has 2 aliphatic rings. The van der Waals surface area contributed by atoms with Crippen molar-refractivity contribution in [1.82, 2.24) is 10.2 Å². The molecule has 0 aromatic carbocycles. The van der Waals surface area contributed by atoms with Crippen LogP contribution in [0.15, 0.2) is 0 Å². The number of nitrogens with one attached hydrogen (secondary N) is 1. The third-order valence-corrected chi connectivity index (χ3v) is 3.21. The number of piperidine rings is 1. The number of likely N-dealkylation sites (tertiary alicyclic amines) is 1. The number of carbonyl (C=O) groups is 1. The molecule has 1 unspecified atom stereocenters. The minimum absolute atomic E-state index is 0.141. The van der Waals surface area contributed by atoms with Crippen LogP contribution in [0.25, 0.3) is 0 Å². The summed E-state index contributed by atoms with van der Waals surface area (Å²) in [6.45, 7) is 2.88. The van der Waals surface area contributed by atoms with Crippen LogP contribution in [0.5, 0.6) is 0 Å². The van der Waals surface area contributed by atoms with E-state index >= 15 is 0 Å². The van der Waals surface area contributed by atoms with E-state index in [9.17, 15) is 4.79 Å². The molecule has 2 rings (SSSR count). The number of hydrogen-bond donors (Lipinski definition) is 2. The van der Waals surface area contributed by atoms with Crippen LogP contribution in [0.2, 0.25) is 0 Å². The van der Waals surface area contributed by atoms with Crippen molar-refractivity contribution in [3.8, 4) is 0 Å². The highest BCUT2D eigenvalue weighted by atomic mass is 16.3. The summed E-state index contributed by atoms with van der Waals surface area (Å²) in [5.41, 5.74) is 0. The first kappa shape index (κ1) is 9.93. The van der Waals surface area contributed by atoms with E-state index in [0.717, 1.165) is 32.5 Å². The number of hydrogen-bond acceptors (Lipinski definition) is 3. The van der Waals surface area contributed by atoms with Crippen molar-refractivity contribution >= 4 is 5.91 Å². The fourth-order valence-electron chi connectivity index (χ4n) is 2.38. The van der Waals surface area contributed by atoms with E-state index < -0.39 is 0 Å². The van der Waals surface area contributed by atoms with Gasteiger partial charge in [0.1, 0.15) is 0 Å². The van der Waals surface area contributed by atoms with E-state index in [1.165, 1.54) is 0 Å². The van der Waals surface area contributed by atoms with Gasteiger partial charge in [0, 0.05) is 38.1 Å². The van der Waals surface area contributed by atoms with Gasteiger partial charge in [0.15, 0.2) is 0 Å². The van der Waals surface area contributed by atoms with Crippen molar-refractivity contribution < 1.29 is 9.90 Å². The zero-order chi connectivity index (χ0) is 9.97. The number of aliphatic hydroxyl groups excluding tert-OH is 1. The smallest absolute Gasteiger partial charge is 0.223 e. The zero-order valence-electron chi connectivity index (χ0n) is 8.41. The Balaban J connectivity index is 1.93. The van der Waals surface area contributed by atoms with Crippen molar-refractivity contribution in [3.63, 3.8) is 0 Å². The predicted octanol–water partition coefficient (Wildman–Crippen LogP) is -0.421. The Morgan fingerprint density at radius 2 is 2.43 bits per heavy atom. The van der Waals surface area contributed by atoms with Crippen LogP contribution in [0.4, 0.5) is 0 Å². The molecule has 0 aromatic rings. The van der Waals surface area contributed by atoms with Gasteiger partial charge in [-0.05, 0) is 19.4 Å². The molecule has 0 aliphatic carbocycles. The van der Waals surface area contributed by atoms with E-state index in [-0.39, 0.29) is 18.4 Å². The maximum atomic E-state index is 11.6. The lowest BCUT2D eigenvalue weighted by atomic mass is 10.1. The number of rotatable bonds is 2. The summed E-state index contributed by atoms with van der Waals surface area (Å²) in [7, 11) is 0. The van der Waals surface area contributed by atoms with Gasteiger partial charge in [-0.15, -0.1) is 0 Å². The Bertz CT molecular complexity index is 214. The average Bonchev–Trinajstić information content (AvgIpc) is 2.61. The van der Waals surface area contributed by atoms with E-state index in [4.69, 9.17) is 5.11 Å². The highest BCUT2D eigenvalue weighted by Gasteiger charge is 2.34. The minimum atomic E-state index is 0.141. The van der Waals surface area contributed by atoms with Crippen LogP contribution >= 0.6 is 0 Å². The minimum Gasteiger partial charge on any atom is -0.396 e. The number of aliphatic hydroxyl groups is 1. The summed E-state index contributed by atoms with van der Waals surface area (Å²) < 4.78 is 0. The number of amides is 1. The second kappa shape index (κ2) is 4.28. The van der Waals surface area contributed by atoms with Crippen molar-refractivity contribution in [2.75, 3.05) is 26.2 Å². The van der Waals surface area contributed by atoms with Crippen molar-refractivity contribution in [1.29, 1.82) is 0 Å². The van der Waals surface area contributed by atoms with Crippen LogP contribution in [0.3, 0.4) is 0 Å². The molecule has 0 aromatic heterocycles. The zero-order valence-corrected chi connectivity index (χ0v) is 8.41. The summed E-state index contributed by atoms with van der Waals surface area (Å²) >= 11 is 0. The molecule has 2 atom stereocenters. The highest BCUT2D eigenvalue weighted by molar-refractivity contribution is 5.79. The predicted molar refractivity (Wildman–Crippen MR) is 52.8 cm³/mol. The molecule has 0 bridgehead atoms. The van der Waals surface area contributed by atoms with Crippen molar-refractivity contribution in [2.45, 2.75) is 25.3 Å². The molecule has 14 heavy (non-hydrogen) atoms. The first-order valence-electron chi connectivity index (χ1n) is 5.42. The van der Waals surface area contributed by atoms with Gasteiger partial charge < -0.3 is 15.3 Å². The van der Waals surface area contributed by atoms with Gasteiger partial charge in [0.2, 0.25) is 5.91 Å². The second-order valence-electron chi connectivity index (χ2n) is 4.30. The summed E-state index contributed by atoms with van der Waals surface area (Å²) in [5, 5.41) is 12.3. The Labute approximate surface area is 84.3 Å². The third-order valence-electron chi connectivity index (χ3n) is 3.21. The van der Waals surface area contributed by atoms with Gasteiger partial charge in [-0.3, -0.25) is 4.79 Å². The maximum Gasteiger partial charge on any atom is 0.223 e. The van der Waals surface area contributed by atoms with E-state index in [0.29, 0.717) is 12.5 Å². The molecule has 1 amide bonds. The molecule has 2 N–H and O–H groups in total. The average molecular weight is 198 g/mol. The maximum absolute atomic E-state index is 11.6. The fourth-order valence-corrected chi connectivity index (χ4v) is 2.38. The summed E-state index contributed by atoms with van der Waals surface area (Å²) in [6, 6.07) is 0.368. The molecule has 0 saturated carbocycles. The topological polar surface area (TPSA) is 52.6 Å². The van der Waals surface area contributed by atoms with Crippen LogP contribution in [-0.2, 0) is 4.79 Å². The van der Waals surface area contributed by atoms with Gasteiger partial charge in [-0.25, -0.2) is 0 Å². The lowest BCUT2D eigenvalue weighted by Crippen LogP contribution is -2.46. The van der Waals surface area contributed by atoms with E-state index in [2.05, 4.69) is 5.32 Å². The summed E-state index contributed by atoms with van der Waals surface area (Å²) in [4.78, 5) is 13.6. The van der Waals surface area contributed by atoms with Crippen LogP contribution in [0, 0.1) is 5.92 Å². The molecule has 0 spiro atoms. The first-order chi connectivity index (χ1) is 6.81. The van der Waals surface area contributed by atoms with Gasteiger partial charge in [-0.2, -0.15) is 0 Å². The van der Waals surface area contributed by atoms with Gasteiger partial charge in [0.05, 0.1) is 0 Å².